The van der Waals surface area contributed by atoms with Gasteiger partial charge in [-0.1, -0.05) is 0 Å². The van der Waals surface area contributed by atoms with Crippen molar-refractivity contribution in [2.45, 2.75) is 59.4 Å². The molecule has 116 valence electrons. The quantitative estimate of drug-likeness (QED) is 0.877. The lowest BCUT2D eigenvalue weighted by atomic mass is 10.1. The third-order valence-electron chi connectivity index (χ3n) is 3.00. The zero-order valence-corrected chi connectivity index (χ0v) is 14.3. The Hall–Kier alpha value is -1.33. The van der Waals surface area contributed by atoms with E-state index in [4.69, 9.17) is 4.74 Å². The lowest BCUT2D eigenvalue weighted by Crippen LogP contribution is -2.34. The van der Waals surface area contributed by atoms with Crippen molar-refractivity contribution in [1.29, 1.82) is 0 Å². The minimum atomic E-state index is 0.145. The fourth-order valence-corrected chi connectivity index (χ4v) is 2.65. The van der Waals surface area contributed by atoms with E-state index < -0.39 is 0 Å². The van der Waals surface area contributed by atoms with E-state index in [1.807, 2.05) is 10.9 Å². The molecule has 0 atom stereocenters. The first-order valence-corrected chi connectivity index (χ1v) is 8.15. The van der Waals surface area contributed by atoms with Crippen LogP contribution in [-0.4, -0.2) is 15.3 Å². The van der Waals surface area contributed by atoms with Crippen LogP contribution in [0.5, 0.6) is 5.75 Å². The third kappa shape index (κ3) is 5.17. The van der Waals surface area contributed by atoms with E-state index in [9.17, 15) is 0 Å². The number of nitrogens with one attached hydrogen (secondary N) is 1. The van der Waals surface area contributed by atoms with Gasteiger partial charge in [0.05, 0.1) is 12.4 Å². The summed E-state index contributed by atoms with van der Waals surface area (Å²) in [5.41, 5.74) is 0.145. The van der Waals surface area contributed by atoms with Crippen molar-refractivity contribution < 1.29 is 4.74 Å². The van der Waals surface area contributed by atoms with Crippen molar-refractivity contribution in [2.75, 3.05) is 0 Å². The number of aromatic nitrogens is 2. The van der Waals surface area contributed by atoms with E-state index in [0.717, 1.165) is 12.3 Å². The Labute approximate surface area is 131 Å². The predicted octanol–water partition coefficient (Wildman–Crippen LogP) is 3.99. The lowest BCUT2D eigenvalue weighted by Gasteiger charge is -2.19. The second-order valence-corrected chi connectivity index (χ2v) is 7.76. The highest BCUT2D eigenvalue weighted by atomic mass is 32.1. The van der Waals surface area contributed by atoms with Gasteiger partial charge in [0, 0.05) is 27.9 Å². The van der Waals surface area contributed by atoms with Crippen LogP contribution in [0.4, 0.5) is 0 Å². The first-order valence-electron chi connectivity index (χ1n) is 7.33. The van der Waals surface area contributed by atoms with E-state index in [1.165, 1.54) is 9.75 Å². The maximum Gasteiger partial charge on any atom is 0.157 e. The van der Waals surface area contributed by atoms with Crippen molar-refractivity contribution in [3.63, 3.8) is 0 Å². The first kappa shape index (κ1) is 16.0. The molecule has 0 saturated carbocycles. The first-order chi connectivity index (χ1) is 9.83. The molecule has 21 heavy (non-hydrogen) atoms. The number of nitrogens with zero attached hydrogens (tertiary/aromatic N) is 2. The Balaban J connectivity index is 1.84. The molecular formula is C16H25N3OS. The van der Waals surface area contributed by atoms with Crippen molar-refractivity contribution in [3.8, 4) is 5.75 Å². The molecule has 0 aromatic carbocycles. The van der Waals surface area contributed by atoms with E-state index >= 15 is 0 Å². The molecule has 2 aromatic rings. The fourth-order valence-electron chi connectivity index (χ4n) is 1.78. The smallest absolute Gasteiger partial charge is 0.157 e. The fraction of sp³-hybridized carbons (Fsp3) is 0.562. The van der Waals surface area contributed by atoms with Gasteiger partial charge in [0.15, 0.2) is 5.75 Å². The molecule has 0 spiro atoms. The summed E-state index contributed by atoms with van der Waals surface area (Å²) in [7, 11) is 0. The number of rotatable bonds is 6. The van der Waals surface area contributed by atoms with Gasteiger partial charge in [-0.2, -0.15) is 5.10 Å². The number of hydrogen-bond acceptors (Lipinski definition) is 4. The summed E-state index contributed by atoms with van der Waals surface area (Å²) in [6, 6.07) is 4.66. The Morgan fingerprint density at radius 3 is 2.62 bits per heavy atom. The Kier molecular flexibility index (Phi) is 5.06. The molecule has 0 amide bonds. The van der Waals surface area contributed by atoms with E-state index in [0.29, 0.717) is 12.6 Å². The largest absolute Gasteiger partial charge is 0.485 e. The minimum Gasteiger partial charge on any atom is -0.485 e. The zero-order valence-electron chi connectivity index (χ0n) is 13.5. The molecular weight excluding hydrogens is 282 g/mol. The van der Waals surface area contributed by atoms with E-state index in [1.54, 1.807) is 17.5 Å². The molecule has 0 aliphatic heterocycles. The van der Waals surface area contributed by atoms with E-state index in [2.05, 4.69) is 57.2 Å². The van der Waals surface area contributed by atoms with Crippen LogP contribution in [0.3, 0.4) is 0 Å². The summed E-state index contributed by atoms with van der Waals surface area (Å²) in [5, 5.41) is 7.77. The molecule has 4 nitrogen and oxygen atoms in total. The highest BCUT2D eigenvalue weighted by molar-refractivity contribution is 7.11. The van der Waals surface area contributed by atoms with Gasteiger partial charge < -0.3 is 10.1 Å². The SMILES string of the molecule is CC(C)n1cc(OCc2ccc(CNC(C)(C)C)s2)cn1. The Morgan fingerprint density at radius 1 is 1.29 bits per heavy atom. The Morgan fingerprint density at radius 2 is 2.00 bits per heavy atom. The van der Waals surface area contributed by atoms with Gasteiger partial charge in [0.25, 0.3) is 0 Å². The average molecular weight is 307 g/mol. The van der Waals surface area contributed by atoms with Crippen molar-refractivity contribution in [3.05, 3.63) is 34.3 Å². The number of hydrogen-bond donors (Lipinski definition) is 1. The average Bonchev–Trinajstić information content (AvgIpc) is 3.02. The summed E-state index contributed by atoms with van der Waals surface area (Å²) < 4.78 is 7.69. The van der Waals surface area contributed by atoms with Crippen LogP contribution in [0.1, 0.15) is 50.4 Å². The second kappa shape index (κ2) is 6.62. The topological polar surface area (TPSA) is 39.1 Å². The van der Waals surface area contributed by atoms with Gasteiger partial charge in [-0.05, 0) is 46.8 Å². The van der Waals surface area contributed by atoms with Gasteiger partial charge in [0.2, 0.25) is 0 Å². The summed E-state index contributed by atoms with van der Waals surface area (Å²) >= 11 is 1.79. The molecule has 0 aliphatic rings. The lowest BCUT2D eigenvalue weighted by molar-refractivity contribution is 0.309. The van der Waals surface area contributed by atoms with Gasteiger partial charge in [0.1, 0.15) is 6.61 Å². The molecule has 2 rings (SSSR count). The van der Waals surface area contributed by atoms with E-state index in [-0.39, 0.29) is 5.54 Å². The molecule has 0 unspecified atom stereocenters. The molecule has 0 aliphatic carbocycles. The Bertz CT molecular complexity index is 566. The monoisotopic (exact) mass is 307 g/mol. The minimum absolute atomic E-state index is 0.145. The molecule has 0 saturated heterocycles. The van der Waals surface area contributed by atoms with Crippen molar-refractivity contribution in [2.24, 2.45) is 0 Å². The maximum atomic E-state index is 5.79. The normalized spacial score (nSPS) is 12.1. The van der Waals surface area contributed by atoms with Crippen LogP contribution in [0.15, 0.2) is 24.5 Å². The second-order valence-electron chi connectivity index (χ2n) is 6.51. The summed E-state index contributed by atoms with van der Waals surface area (Å²) in [6.07, 6.45) is 3.72. The van der Waals surface area contributed by atoms with Gasteiger partial charge in [-0.25, -0.2) is 0 Å². The summed E-state index contributed by atoms with van der Waals surface area (Å²) in [4.78, 5) is 2.57. The van der Waals surface area contributed by atoms with Gasteiger partial charge in [-0.15, -0.1) is 11.3 Å². The maximum absolute atomic E-state index is 5.79. The van der Waals surface area contributed by atoms with Crippen molar-refractivity contribution >= 4 is 11.3 Å². The van der Waals surface area contributed by atoms with Gasteiger partial charge in [-0.3, -0.25) is 4.68 Å². The molecule has 0 bridgehead atoms. The van der Waals surface area contributed by atoms with Crippen LogP contribution in [0, 0.1) is 0 Å². The van der Waals surface area contributed by atoms with Gasteiger partial charge >= 0.3 is 0 Å². The third-order valence-corrected chi connectivity index (χ3v) is 4.06. The molecule has 2 aromatic heterocycles. The summed E-state index contributed by atoms with van der Waals surface area (Å²) in [6.45, 7) is 12.2. The molecule has 0 fully saturated rings. The number of thiophene rings is 1. The summed E-state index contributed by atoms with van der Waals surface area (Å²) in [5.74, 6) is 0.825. The van der Waals surface area contributed by atoms with Crippen LogP contribution >= 0.6 is 11.3 Å². The van der Waals surface area contributed by atoms with Crippen LogP contribution in [0.2, 0.25) is 0 Å². The predicted molar refractivity (Wildman–Crippen MR) is 87.9 cm³/mol. The molecule has 1 N–H and O–H groups in total. The molecule has 2 heterocycles. The number of ether oxygens (including phenoxy) is 1. The molecule has 5 heteroatoms. The highest BCUT2D eigenvalue weighted by Gasteiger charge is 2.10. The van der Waals surface area contributed by atoms with Crippen molar-refractivity contribution in [1.82, 2.24) is 15.1 Å². The highest BCUT2D eigenvalue weighted by Crippen LogP contribution is 2.20. The van der Waals surface area contributed by atoms with Crippen LogP contribution < -0.4 is 10.1 Å². The van der Waals surface area contributed by atoms with Crippen LogP contribution in [0.25, 0.3) is 0 Å². The standard InChI is InChI=1S/C16H25N3OS/c1-12(2)19-10-13(8-18-19)20-11-15-7-6-14(21-15)9-17-16(3,4)5/h6-8,10,12,17H,9,11H2,1-5H3. The van der Waals surface area contributed by atoms with Crippen LogP contribution in [-0.2, 0) is 13.2 Å². The zero-order chi connectivity index (χ0) is 15.5. The molecule has 0 radical (unpaired) electrons.